The Balaban J connectivity index is 1.56. The van der Waals surface area contributed by atoms with E-state index in [1.54, 1.807) is 0 Å². The molecule has 0 aromatic rings. The zero-order chi connectivity index (χ0) is 20.6. The van der Waals surface area contributed by atoms with E-state index in [1.807, 2.05) is 0 Å². The number of carboxylic acids is 1. The normalized spacial score (nSPS) is 26.1. The van der Waals surface area contributed by atoms with E-state index in [2.05, 4.69) is 0 Å². The molecule has 7 nitrogen and oxygen atoms in total. The number of amides is 1. The zero-order valence-electron chi connectivity index (χ0n) is 16.3. The van der Waals surface area contributed by atoms with Crippen LogP contribution in [0.15, 0.2) is 11.1 Å². The van der Waals surface area contributed by atoms with Crippen molar-refractivity contribution in [1.82, 2.24) is 4.90 Å². The number of allylic oxidation sites excluding steroid dienone is 1. The molecule has 0 aromatic carbocycles. The van der Waals surface area contributed by atoms with E-state index in [-0.39, 0.29) is 44.2 Å². The summed E-state index contributed by atoms with van der Waals surface area (Å²) in [5, 5.41) is 9.77. The van der Waals surface area contributed by atoms with Gasteiger partial charge >= 0.3 is 11.9 Å². The van der Waals surface area contributed by atoms with Crippen LogP contribution in [0.1, 0.15) is 38.5 Å². The number of hydrogen-bond donors (Lipinski definition) is 1. The largest absolute Gasteiger partial charge is 0.478 e. The number of hydrogen-bond acceptors (Lipinski definition) is 5. The van der Waals surface area contributed by atoms with Gasteiger partial charge in [-0.3, -0.25) is 4.79 Å². The summed E-state index contributed by atoms with van der Waals surface area (Å²) in [5.41, 5.74) is 0.656. The number of aliphatic carboxylic acids is 1. The molecule has 1 saturated carbocycles. The van der Waals surface area contributed by atoms with Crippen LogP contribution >= 0.6 is 0 Å². The highest BCUT2D eigenvalue weighted by Crippen LogP contribution is 2.51. The average molecular weight is 415 g/mol. The van der Waals surface area contributed by atoms with Crippen LogP contribution in [-0.4, -0.2) is 73.1 Å². The highest BCUT2D eigenvalue weighted by atomic mass is 19.3. The SMILES string of the molecule is O=C(O)C1=C(C(CC(F)(F)C(=O)N2CCOCC2)C2CC2)CCC2(C1)OCCO2. The van der Waals surface area contributed by atoms with Crippen molar-refractivity contribution >= 4 is 11.9 Å². The van der Waals surface area contributed by atoms with Crippen molar-refractivity contribution in [3.63, 3.8) is 0 Å². The maximum absolute atomic E-state index is 15.0. The van der Waals surface area contributed by atoms with Gasteiger partial charge in [0.05, 0.1) is 26.4 Å². The summed E-state index contributed by atoms with van der Waals surface area (Å²) in [6, 6.07) is 0. The predicted octanol–water partition coefficient (Wildman–Crippen LogP) is 2.21. The van der Waals surface area contributed by atoms with E-state index >= 15 is 0 Å². The first-order chi connectivity index (χ1) is 13.8. The van der Waals surface area contributed by atoms with Gasteiger partial charge in [-0.05, 0) is 31.1 Å². The molecule has 1 N–H and O–H groups in total. The summed E-state index contributed by atoms with van der Waals surface area (Å²) >= 11 is 0. The first-order valence-corrected chi connectivity index (χ1v) is 10.3. The lowest BCUT2D eigenvalue weighted by molar-refractivity contribution is -0.169. The third kappa shape index (κ3) is 4.32. The number of carbonyl (C=O) groups excluding carboxylic acids is 1. The van der Waals surface area contributed by atoms with Crippen molar-refractivity contribution in [2.24, 2.45) is 11.8 Å². The minimum Gasteiger partial charge on any atom is -0.478 e. The third-order valence-electron chi connectivity index (χ3n) is 6.41. The lowest BCUT2D eigenvalue weighted by Gasteiger charge is -2.37. The van der Waals surface area contributed by atoms with Crippen LogP contribution in [0, 0.1) is 11.8 Å². The Labute approximate surface area is 168 Å². The Kier molecular flexibility index (Phi) is 5.65. The van der Waals surface area contributed by atoms with Gasteiger partial charge in [0.2, 0.25) is 0 Å². The number of carbonyl (C=O) groups is 2. The van der Waals surface area contributed by atoms with Crippen LogP contribution < -0.4 is 0 Å². The molecule has 0 bridgehead atoms. The Morgan fingerprint density at radius 3 is 2.41 bits per heavy atom. The van der Waals surface area contributed by atoms with Crippen molar-refractivity contribution < 1.29 is 37.7 Å². The summed E-state index contributed by atoms with van der Waals surface area (Å²) < 4.78 is 46.4. The fourth-order valence-corrected chi connectivity index (χ4v) is 4.75. The second-order valence-electron chi connectivity index (χ2n) is 8.35. The Hall–Kier alpha value is -1.58. The standard InChI is InChI=1S/C20H27F2NO6/c21-20(22,18(26)23-5-7-27-8-6-23)12-15(13-1-2-13)14-3-4-19(28-9-10-29-19)11-16(14)17(24)25/h13,15H,1-12H2,(H,24,25). The molecule has 1 spiro atoms. The van der Waals surface area contributed by atoms with E-state index in [0.29, 0.717) is 31.6 Å². The molecule has 0 radical (unpaired) electrons. The molecule has 4 aliphatic rings. The van der Waals surface area contributed by atoms with Crippen LogP contribution in [-0.2, 0) is 23.8 Å². The molecule has 1 atom stereocenters. The number of carboxylic acid groups (broad SMARTS) is 1. The second kappa shape index (κ2) is 7.92. The molecule has 1 amide bonds. The molecular formula is C20H27F2NO6. The van der Waals surface area contributed by atoms with Crippen molar-refractivity contribution in [2.45, 2.75) is 50.2 Å². The number of alkyl halides is 2. The van der Waals surface area contributed by atoms with E-state index in [1.165, 1.54) is 0 Å². The van der Waals surface area contributed by atoms with Crippen molar-refractivity contribution in [3.8, 4) is 0 Å². The predicted molar refractivity (Wildman–Crippen MR) is 96.3 cm³/mol. The van der Waals surface area contributed by atoms with Gasteiger partial charge in [-0.2, -0.15) is 8.78 Å². The number of morpholine rings is 1. The molecule has 2 aliphatic heterocycles. The zero-order valence-corrected chi connectivity index (χ0v) is 16.3. The Bertz CT molecular complexity index is 693. The lowest BCUT2D eigenvalue weighted by atomic mass is 9.76. The van der Waals surface area contributed by atoms with Gasteiger partial charge in [0, 0.05) is 37.9 Å². The molecular weight excluding hydrogens is 388 g/mol. The van der Waals surface area contributed by atoms with Crippen LogP contribution in [0.25, 0.3) is 0 Å². The summed E-state index contributed by atoms with van der Waals surface area (Å²) in [5.74, 6) is -7.39. The van der Waals surface area contributed by atoms with Crippen LogP contribution in [0.5, 0.6) is 0 Å². The van der Waals surface area contributed by atoms with Crippen molar-refractivity contribution in [1.29, 1.82) is 0 Å². The molecule has 0 aromatic heterocycles. The lowest BCUT2D eigenvalue weighted by Crippen LogP contribution is -2.49. The average Bonchev–Trinajstić information content (AvgIpc) is 3.46. The van der Waals surface area contributed by atoms with Gasteiger partial charge in [0.1, 0.15) is 0 Å². The first kappa shape index (κ1) is 20.7. The van der Waals surface area contributed by atoms with Crippen LogP contribution in [0.2, 0.25) is 0 Å². The second-order valence-corrected chi connectivity index (χ2v) is 8.35. The summed E-state index contributed by atoms with van der Waals surface area (Å²) in [6.45, 7) is 1.63. The van der Waals surface area contributed by atoms with E-state index in [0.717, 1.165) is 17.7 Å². The van der Waals surface area contributed by atoms with Gasteiger partial charge in [0.25, 0.3) is 5.91 Å². The molecule has 162 valence electrons. The molecule has 9 heteroatoms. The molecule has 2 saturated heterocycles. The van der Waals surface area contributed by atoms with Gasteiger partial charge < -0.3 is 24.2 Å². The van der Waals surface area contributed by atoms with Gasteiger partial charge in [-0.15, -0.1) is 0 Å². The van der Waals surface area contributed by atoms with E-state index < -0.39 is 35.9 Å². The molecule has 2 heterocycles. The fraction of sp³-hybridized carbons (Fsp3) is 0.800. The highest BCUT2D eigenvalue weighted by Gasteiger charge is 2.51. The molecule has 4 rings (SSSR count). The summed E-state index contributed by atoms with van der Waals surface area (Å²) in [7, 11) is 0. The monoisotopic (exact) mass is 415 g/mol. The maximum Gasteiger partial charge on any atom is 0.331 e. The van der Waals surface area contributed by atoms with E-state index in [9.17, 15) is 23.5 Å². The minimum atomic E-state index is -3.53. The number of nitrogens with zero attached hydrogens (tertiary/aromatic N) is 1. The third-order valence-corrected chi connectivity index (χ3v) is 6.41. The van der Waals surface area contributed by atoms with E-state index in [4.69, 9.17) is 14.2 Å². The summed E-state index contributed by atoms with van der Waals surface area (Å²) in [4.78, 5) is 25.6. The molecule has 1 unspecified atom stereocenters. The minimum absolute atomic E-state index is 0.00202. The van der Waals surface area contributed by atoms with Crippen LogP contribution in [0.4, 0.5) is 8.78 Å². The molecule has 2 aliphatic carbocycles. The Morgan fingerprint density at radius 2 is 1.83 bits per heavy atom. The topological polar surface area (TPSA) is 85.3 Å². The van der Waals surface area contributed by atoms with Crippen LogP contribution in [0.3, 0.4) is 0 Å². The quantitative estimate of drug-likeness (QED) is 0.716. The number of ether oxygens (including phenoxy) is 3. The highest BCUT2D eigenvalue weighted by molar-refractivity contribution is 5.88. The van der Waals surface area contributed by atoms with Crippen molar-refractivity contribution in [3.05, 3.63) is 11.1 Å². The Morgan fingerprint density at radius 1 is 1.17 bits per heavy atom. The first-order valence-electron chi connectivity index (χ1n) is 10.3. The summed E-state index contributed by atoms with van der Waals surface area (Å²) in [6.07, 6.45) is 1.76. The number of halogens is 2. The van der Waals surface area contributed by atoms with Gasteiger partial charge in [-0.1, -0.05) is 5.57 Å². The number of rotatable bonds is 6. The smallest absolute Gasteiger partial charge is 0.331 e. The van der Waals surface area contributed by atoms with Gasteiger partial charge in [0.15, 0.2) is 5.79 Å². The molecule has 29 heavy (non-hydrogen) atoms. The maximum atomic E-state index is 15.0. The van der Waals surface area contributed by atoms with Gasteiger partial charge in [-0.25, -0.2) is 4.79 Å². The van der Waals surface area contributed by atoms with Crippen molar-refractivity contribution in [2.75, 3.05) is 39.5 Å². The fourth-order valence-electron chi connectivity index (χ4n) is 4.75. The molecule has 3 fully saturated rings.